The van der Waals surface area contributed by atoms with Crippen LogP contribution < -0.4 is 4.80 Å². The maximum atomic E-state index is 13.0. The number of sulfonamides is 1. The third kappa shape index (κ3) is 4.61. The number of nitrogens with zero attached hydrogens (tertiary/aromatic N) is 4. The molecule has 0 N–H and O–H groups in total. The number of amides is 1. The molecule has 0 spiro atoms. The lowest BCUT2D eigenvalue weighted by atomic mass is 9.94. The van der Waals surface area contributed by atoms with E-state index in [2.05, 4.69) is 4.99 Å². The molecule has 0 saturated carbocycles. The number of benzene rings is 2. The van der Waals surface area contributed by atoms with Crippen molar-refractivity contribution in [1.29, 1.82) is 0 Å². The first-order valence-corrected chi connectivity index (χ1v) is 12.7. The fraction of sp³-hybridized carbons (Fsp3) is 0.364. The van der Waals surface area contributed by atoms with E-state index in [1.54, 1.807) is 17.7 Å². The maximum Gasteiger partial charge on any atom is 0.279 e. The normalized spacial score (nSPS) is 20.3. The smallest absolute Gasteiger partial charge is 0.279 e. The monoisotopic (exact) mass is 488 g/mol. The van der Waals surface area contributed by atoms with Crippen molar-refractivity contribution < 1.29 is 18.1 Å². The Morgan fingerprint density at radius 1 is 1.12 bits per heavy atom. The van der Waals surface area contributed by atoms with Crippen molar-refractivity contribution >= 4 is 43.2 Å². The van der Waals surface area contributed by atoms with Gasteiger partial charge in [0.25, 0.3) is 11.6 Å². The van der Waals surface area contributed by atoms with E-state index in [1.165, 1.54) is 52.0 Å². The number of carbonyl (C=O) groups is 1. The Morgan fingerprint density at radius 3 is 2.36 bits per heavy atom. The number of carbonyl (C=O) groups excluding carboxylic acids is 1. The Bertz CT molecular complexity index is 1400. The number of nitro benzene ring substituents is 1. The minimum Gasteiger partial charge on any atom is -0.319 e. The zero-order valence-corrected chi connectivity index (χ0v) is 20.1. The molecular weight excluding hydrogens is 464 g/mol. The molecule has 4 rings (SSSR count). The molecule has 2 heterocycles. The van der Waals surface area contributed by atoms with E-state index in [4.69, 9.17) is 0 Å². The van der Waals surface area contributed by atoms with Gasteiger partial charge in [0, 0.05) is 37.8 Å². The van der Waals surface area contributed by atoms with Gasteiger partial charge in [-0.15, -0.1) is 0 Å². The topological polar surface area (TPSA) is 115 Å². The lowest BCUT2D eigenvalue weighted by Crippen LogP contribution is -2.42. The van der Waals surface area contributed by atoms with Crippen LogP contribution in [0.5, 0.6) is 0 Å². The molecule has 1 fully saturated rings. The highest BCUT2D eigenvalue weighted by Crippen LogP contribution is 2.27. The quantitative estimate of drug-likeness (QED) is 0.411. The molecule has 1 aromatic heterocycles. The van der Waals surface area contributed by atoms with E-state index in [0.29, 0.717) is 35.2 Å². The van der Waals surface area contributed by atoms with Crippen LogP contribution in [0.4, 0.5) is 5.69 Å². The molecule has 2 aromatic carbocycles. The van der Waals surface area contributed by atoms with Crippen molar-refractivity contribution in [2.75, 3.05) is 13.1 Å². The van der Waals surface area contributed by atoms with Crippen LogP contribution in [-0.2, 0) is 17.1 Å². The van der Waals surface area contributed by atoms with E-state index in [9.17, 15) is 23.3 Å². The van der Waals surface area contributed by atoms with Crippen molar-refractivity contribution in [3.05, 3.63) is 62.9 Å². The van der Waals surface area contributed by atoms with Gasteiger partial charge in [0.1, 0.15) is 0 Å². The summed E-state index contributed by atoms with van der Waals surface area (Å²) >= 11 is 1.24. The molecule has 11 heteroatoms. The number of non-ortho nitro benzene ring substituents is 1. The summed E-state index contributed by atoms with van der Waals surface area (Å²) in [5.41, 5.74) is 0.827. The van der Waals surface area contributed by atoms with E-state index in [-0.39, 0.29) is 16.1 Å². The number of aryl methyl sites for hydroxylation is 1. The summed E-state index contributed by atoms with van der Waals surface area (Å²) in [6.45, 7) is 5.08. The highest BCUT2D eigenvalue weighted by molar-refractivity contribution is 7.89. The predicted octanol–water partition coefficient (Wildman–Crippen LogP) is 3.56. The summed E-state index contributed by atoms with van der Waals surface area (Å²) in [4.78, 5) is 28.0. The number of hydrogen-bond donors (Lipinski definition) is 0. The molecule has 2 unspecified atom stereocenters. The van der Waals surface area contributed by atoms with Crippen molar-refractivity contribution in [2.24, 2.45) is 23.9 Å². The Hall–Kier alpha value is -2.89. The molecule has 2 atom stereocenters. The molecular formula is C22H24N4O5S2. The number of nitro groups is 1. The van der Waals surface area contributed by atoms with Crippen molar-refractivity contribution in [2.45, 2.75) is 25.2 Å². The van der Waals surface area contributed by atoms with Gasteiger partial charge in [-0.1, -0.05) is 25.2 Å². The van der Waals surface area contributed by atoms with Gasteiger partial charge in [-0.3, -0.25) is 14.9 Å². The number of thiazole rings is 1. The van der Waals surface area contributed by atoms with Gasteiger partial charge in [0.05, 0.1) is 20.0 Å². The number of rotatable bonds is 4. The second kappa shape index (κ2) is 8.81. The zero-order chi connectivity index (χ0) is 23.9. The first-order chi connectivity index (χ1) is 15.6. The van der Waals surface area contributed by atoms with Crippen molar-refractivity contribution in [1.82, 2.24) is 8.87 Å². The van der Waals surface area contributed by atoms with Crippen LogP contribution in [0.15, 0.2) is 52.4 Å². The van der Waals surface area contributed by atoms with Gasteiger partial charge in [-0.25, -0.2) is 8.42 Å². The van der Waals surface area contributed by atoms with Gasteiger partial charge in [-0.05, 0) is 48.6 Å². The van der Waals surface area contributed by atoms with E-state index < -0.39 is 20.9 Å². The first-order valence-electron chi connectivity index (χ1n) is 10.5. The molecule has 0 radical (unpaired) electrons. The minimum atomic E-state index is -3.63. The third-order valence-corrected chi connectivity index (χ3v) is 8.73. The molecule has 174 valence electrons. The summed E-state index contributed by atoms with van der Waals surface area (Å²) in [5, 5.41) is 11.0. The average Bonchev–Trinajstić information content (AvgIpc) is 3.07. The van der Waals surface area contributed by atoms with Crippen LogP contribution in [0.25, 0.3) is 10.2 Å². The maximum absolute atomic E-state index is 13.0. The first kappa shape index (κ1) is 23.3. The predicted molar refractivity (Wildman–Crippen MR) is 125 cm³/mol. The average molecular weight is 489 g/mol. The number of fused-ring (bicyclic) bond motifs is 1. The fourth-order valence-electron chi connectivity index (χ4n) is 4.21. The summed E-state index contributed by atoms with van der Waals surface area (Å²) < 4.78 is 30.0. The van der Waals surface area contributed by atoms with Gasteiger partial charge in [0.15, 0.2) is 4.80 Å². The van der Waals surface area contributed by atoms with Gasteiger partial charge in [0.2, 0.25) is 10.0 Å². The van der Waals surface area contributed by atoms with Crippen molar-refractivity contribution in [3.8, 4) is 0 Å². The molecule has 33 heavy (non-hydrogen) atoms. The van der Waals surface area contributed by atoms with E-state index in [1.807, 2.05) is 13.8 Å². The molecule has 0 aliphatic carbocycles. The standard InChI is InChI=1S/C22H24N4O5S2/c1-14-10-15(2)13-25(12-14)33(30,31)18-7-4-16(5-8-18)21(27)23-22-24(3)19-11-17(26(28)29)6-9-20(19)32-22/h4-9,11,14-15H,10,12-13H2,1-3H3. The van der Waals surface area contributed by atoms with Crippen LogP contribution >= 0.6 is 11.3 Å². The van der Waals surface area contributed by atoms with Crippen LogP contribution in [0.2, 0.25) is 0 Å². The lowest BCUT2D eigenvalue weighted by molar-refractivity contribution is -0.384. The second-order valence-electron chi connectivity index (χ2n) is 8.56. The van der Waals surface area contributed by atoms with Gasteiger partial charge < -0.3 is 4.57 Å². The van der Waals surface area contributed by atoms with Crippen LogP contribution in [0.1, 0.15) is 30.6 Å². The van der Waals surface area contributed by atoms with E-state index >= 15 is 0 Å². The number of piperidine rings is 1. The number of hydrogen-bond acceptors (Lipinski definition) is 6. The molecule has 1 aliphatic rings. The zero-order valence-electron chi connectivity index (χ0n) is 18.5. The Labute approximate surface area is 195 Å². The van der Waals surface area contributed by atoms with Crippen LogP contribution in [0.3, 0.4) is 0 Å². The molecule has 1 amide bonds. The molecule has 1 saturated heterocycles. The fourth-order valence-corrected chi connectivity index (χ4v) is 6.88. The Morgan fingerprint density at radius 2 is 1.76 bits per heavy atom. The highest BCUT2D eigenvalue weighted by Gasteiger charge is 2.31. The molecule has 1 aliphatic heterocycles. The largest absolute Gasteiger partial charge is 0.319 e. The third-order valence-electron chi connectivity index (χ3n) is 5.77. The molecule has 0 bridgehead atoms. The summed E-state index contributed by atoms with van der Waals surface area (Å²) in [6.07, 6.45) is 1.00. The minimum absolute atomic E-state index is 0.0388. The molecule has 9 nitrogen and oxygen atoms in total. The Balaban J connectivity index is 1.61. The summed E-state index contributed by atoms with van der Waals surface area (Å²) in [7, 11) is -1.94. The highest BCUT2D eigenvalue weighted by atomic mass is 32.2. The Kier molecular flexibility index (Phi) is 6.21. The van der Waals surface area contributed by atoms with Crippen molar-refractivity contribution in [3.63, 3.8) is 0 Å². The SMILES string of the molecule is CC1CC(C)CN(S(=O)(=O)c2ccc(C(=O)N=c3sc4ccc([N+](=O)[O-])cc4n3C)cc2)C1. The van der Waals surface area contributed by atoms with Crippen LogP contribution in [-0.4, -0.2) is 41.2 Å². The van der Waals surface area contributed by atoms with Gasteiger partial charge >= 0.3 is 0 Å². The lowest BCUT2D eigenvalue weighted by Gasteiger charge is -2.34. The van der Waals surface area contributed by atoms with Gasteiger partial charge in [-0.2, -0.15) is 9.30 Å². The summed E-state index contributed by atoms with van der Waals surface area (Å²) in [6, 6.07) is 10.3. The van der Waals surface area contributed by atoms with Crippen LogP contribution in [0, 0.1) is 22.0 Å². The molecule has 3 aromatic rings. The van der Waals surface area contributed by atoms with E-state index in [0.717, 1.165) is 11.1 Å². The number of aromatic nitrogens is 1. The second-order valence-corrected chi connectivity index (χ2v) is 11.5. The summed E-state index contributed by atoms with van der Waals surface area (Å²) in [5.74, 6) is 0.0779.